The third kappa shape index (κ3) is 3.21. The van der Waals surface area contributed by atoms with Crippen LogP contribution in [-0.4, -0.2) is 35.8 Å². The van der Waals surface area contributed by atoms with Gasteiger partial charge in [0, 0.05) is 13.1 Å². The third-order valence-corrected chi connectivity index (χ3v) is 7.39. The Morgan fingerprint density at radius 1 is 1.04 bits per heavy atom. The molecule has 0 spiro atoms. The number of amides is 2. The summed E-state index contributed by atoms with van der Waals surface area (Å²) < 4.78 is 0. The van der Waals surface area contributed by atoms with Gasteiger partial charge >= 0.3 is 0 Å². The van der Waals surface area contributed by atoms with Crippen molar-refractivity contribution in [2.75, 3.05) is 13.1 Å². The van der Waals surface area contributed by atoms with Crippen molar-refractivity contribution in [3.05, 3.63) is 0 Å². The van der Waals surface area contributed by atoms with Crippen molar-refractivity contribution in [2.24, 2.45) is 23.2 Å². The fourth-order valence-corrected chi connectivity index (χ4v) is 6.66. The summed E-state index contributed by atoms with van der Waals surface area (Å²) in [7, 11) is 0. The van der Waals surface area contributed by atoms with Gasteiger partial charge in [0.15, 0.2) is 0 Å². The second kappa shape index (κ2) is 6.92. The number of nitrogens with zero attached hydrogens (tertiary/aromatic N) is 1. The summed E-state index contributed by atoms with van der Waals surface area (Å²) in [6, 6.07) is -0.206. The van der Waals surface area contributed by atoms with Gasteiger partial charge in [-0.25, -0.2) is 0 Å². The first-order chi connectivity index (χ1) is 12.1. The van der Waals surface area contributed by atoms with E-state index in [9.17, 15) is 9.59 Å². The maximum absolute atomic E-state index is 13.5. The highest BCUT2D eigenvalue weighted by molar-refractivity contribution is 5.91. The molecule has 4 saturated carbocycles. The minimum Gasteiger partial charge on any atom is -0.354 e. The van der Waals surface area contributed by atoms with Crippen LogP contribution in [-0.2, 0) is 9.59 Å². The lowest BCUT2D eigenvalue weighted by Gasteiger charge is -2.56. The second-order valence-corrected chi connectivity index (χ2v) is 9.35. The van der Waals surface area contributed by atoms with Crippen molar-refractivity contribution in [1.82, 2.24) is 10.2 Å². The minimum absolute atomic E-state index is 0.0895. The van der Waals surface area contributed by atoms with Crippen molar-refractivity contribution in [3.8, 4) is 0 Å². The molecule has 0 aromatic heterocycles. The number of rotatable bonds is 6. The Hall–Kier alpha value is -1.06. The van der Waals surface area contributed by atoms with Crippen molar-refractivity contribution < 1.29 is 9.59 Å². The Bertz CT molecular complexity index is 495. The lowest BCUT2D eigenvalue weighted by atomic mass is 9.49. The molecule has 1 unspecified atom stereocenters. The Kier molecular flexibility index (Phi) is 4.81. The van der Waals surface area contributed by atoms with E-state index in [1.165, 1.54) is 19.3 Å². The van der Waals surface area contributed by atoms with E-state index in [1.807, 2.05) is 4.90 Å². The molecule has 4 aliphatic carbocycles. The van der Waals surface area contributed by atoms with E-state index in [4.69, 9.17) is 0 Å². The van der Waals surface area contributed by atoms with Gasteiger partial charge in [0.2, 0.25) is 11.8 Å². The second-order valence-electron chi connectivity index (χ2n) is 9.35. The van der Waals surface area contributed by atoms with Crippen molar-refractivity contribution in [2.45, 2.75) is 83.6 Å². The Balaban J connectivity index is 1.42. The first-order valence-corrected chi connectivity index (χ1v) is 10.7. The van der Waals surface area contributed by atoms with Crippen LogP contribution in [0.1, 0.15) is 77.6 Å². The van der Waals surface area contributed by atoms with Crippen molar-refractivity contribution >= 4 is 11.8 Å². The van der Waals surface area contributed by atoms with Gasteiger partial charge in [-0.05, 0) is 75.5 Å². The van der Waals surface area contributed by atoms with Crippen LogP contribution in [0.25, 0.3) is 0 Å². The van der Waals surface area contributed by atoms with E-state index in [0.717, 1.165) is 82.2 Å². The quantitative estimate of drug-likeness (QED) is 0.748. The van der Waals surface area contributed by atoms with E-state index < -0.39 is 0 Å². The monoisotopic (exact) mass is 346 g/mol. The van der Waals surface area contributed by atoms with Crippen LogP contribution in [0.5, 0.6) is 0 Å². The predicted octanol–water partition coefficient (Wildman–Crippen LogP) is 3.50. The van der Waals surface area contributed by atoms with E-state index in [2.05, 4.69) is 12.2 Å². The molecule has 5 aliphatic rings. The summed E-state index contributed by atoms with van der Waals surface area (Å²) in [5.74, 6) is 2.75. The minimum atomic E-state index is -0.206. The molecule has 5 rings (SSSR count). The molecule has 1 N–H and O–H groups in total. The molecule has 1 atom stereocenters. The zero-order valence-corrected chi connectivity index (χ0v) is 15.8. The van der Waals surface area contributed by atoms with Gasteiger partial charge in [-0.1, -0.05) is 19.8 Å². The van der Waals surface area contributed by atoms with E-state index in [-0.39, 0.29) is 17.4 Å². The van der Waals surface area contributed by atoms with Crippen molar-refractivity contribution in [3.63, 3.8) is 0 Å². The normalized spacial score (nSPS) is 39.0. The van der Waals surface area contributed by atoms with Crippen LogP contribution in [0, 0.1) is 23.2 Å². The van der Waals surface area contributed by atoms with E-state index in [0.29, 0.717) is 5.91 Å². The zero-order valence-electron chi connectivity index (χ0n) is 15.8. The zero-order chi connectivity index (χ0) is 17.4. The largest absolute Gasteiger partial charge is 0.354 e. The van der Waals surface area contributed by atoms with Crippen LogP contribution in [0.15, 0.2) is 0 Å². The molecule has 4 nitrogen and oxygen atoms in total. The molecule has 140 valence electrons. The molecule has 0 aromatic carbocycles. The highest BCUT2D eigenvalue weighted by Gasteiger charge is 2.56. The number of carbonyl (C=O) groups is 2. The standard InChI is InChI=1S/C21H34N2O2/c1-2-3-4-7-22-19(24)18-6-5-8-23(18)20(25)21-12-15-9-16(13-21)11-17(10-15)14-21/h15-18H,2-14H2,1H3,(H,22,24). The molecule has 4 bridgehead atoms. The van der Waals surface area contributed by atoms with Gasteiger partial charge in [0.1, 0.15) is 6.04 Å². The maximum Gasteiger partial charge on any atom is 0.242 e. The number of carbonyl (C=O) groups excluding carboxylic acids is 2. The predicted molar refractivity (Wildman–Crippen MR) is 97.9 cm³/mol. The molecule has 25 heavy (non-hydrogen) atoms. The number of likely N-dealkylation sites (tertiary alicyclic amines) is 1. The first-order valence-electron chi connectivity index (χ1n) is 10.7. The van der Waals surface area contributed by atoms with Crippen LogP contribution in [0.3, 0.4) is 0 Å². The Morgan fingerprint density at radius 2 is 1.68 bits per heavy atom. The summed E-state index contributed by atoms with van der Waals surface area (Å²) >= 11 is 0. The van der Waals surface area contributed by atoms with Gasteiger partial charge in [-0.2, -0.15) is 0 Å². The van der Waals surface area contributed by atoms with Gasteiger partial charge in [0.25, 0.3) is 0 Å². The molecule has 1 aliphatic heterocycles. The lowest BCUT2D eigenvalue weighted by Crippen LogP contribution is -2.57. The van der Waals surface area contributed by atoms with Gasteiger partial charge < -0.3 is 10.2 Å². The fraction of sp³-hybridized carbons (Fsp3) is 0.905. The molecule has 2 amide bonds. The molecule has 0 aromatic rings. The van der Waals surface area contributed by atoms with Gasteiger partial charge in [0.05, 0.1) is 5.41 Å². The Labute approximate surface area is 152 Å². The molecule has 4 heteroatoms. The molecule has 1 saturated heterocycles. The SMILES string of the molecule is CCCCCNC(=O)C1CCCN1C(=O)C12CC3CC(CC(C3)C1)C2. The van der Waals surface area contributed by atoms with Gasteiger partial charge in [-0.15, -0.1) is 0 Å². The van der Waals surface area contributed by atoms with Gasteiger partial charge in [-0.3, -0.25) is 9.59 Å². The average molecular weight is 347 g/mol. The summed E-state index contributed by atoms with van der Waals surface area (Å²) in [6.45, 7) is 3.71. The van der Waals surface area contributed by atoms with E-state index >= 15 is 0 Å². The lowest BCUT2D eigenvalue weighted by molar-refractivity contribution is -0.160. The van der Waals surface area contributed by atoms with Crippen LogP contribution < -0.4 is 5.32 Å². The summed E-state index contributed by atoms with van der Waals surface area (Å²) in [4.78, 5) is 28.2. The summed E-state index contributed by atoms with van der Waals surface area (Å²) in [6.07, 6.45) is 12.5. The van der Waals surface area contributed by atoms with Crippen LogP contribution in [0.4, 0.5) is 0 Å². The summed E-state index contributed by atoms with van der Waals surface area (Å²) in [5.41, 5.74) is -0.111. The smallest absolute Gasteiger partial charge is 0.242 e. The molecule has 5 fully saturated rings. The summed E-state index contributed by atoms with van der Waals surface area (Å²) in [5, 5.41) is 3.09. The van der Waals surface area contributed by atoms with Crippen molar-refractivity contribution in [1.29, 1.82) is 0 Å². The first kappa shape index (κ1) is 17.4. The number of unbranched alkanes of at least 4 members (excludes halogenated alkanes) is 2. The Morgan fingerprint density at radius 3 is 2.28 bits per heavy atom. The fourth-order valence-electron chi connectivity index (χ4n) is 6.66. The highest BCUT2D eigenvalue weighted by Crippen LogP contribution is 2.60. The molecule has 1 heterocycles. The number of hydrogen-bond donors (Lipinski definition) is 1. The third-order valence-electron chi connectivity index (χ3n) is 7.39. The highest BCUT2D eigenvalue weighted by atomic mass is 16.2. The molecule has 0 radical (unpaired) electrons. The van der Waals surface area contributed by atoms with E-state index in [1.54, 1.807) is 0 Å². The topological polar surface area (TPSA) is 49.4 Å². The number of nitrogens with one attached hydrogen (secondary N) is 1. The average Bonchev–Trinajstić information content (AvgIpc) is 3.06. The van der Waals surface area contributed by atoms with Crippen LogP contribution in [0.2, 0.25) is 0 Å². The van der Waals surface area contributed by atoms with Crippen LogP contribution >= 0.6 is 0 Å². The number of hydrogen-bond acceptors (Lipinski definition) is 2. The molecular formula is C21H34N2O2. The maximum atomic E-state index is 13.5. The molecular weight excluding hydrogens is 312 g/mol.